The maximum Gasteiger partial charge on any atom is 0.271 e. The molecule has 0 spiro atoms. The van der Waals surface area contributed by atoms with E-state index in [0.717, 1.165) is 21.9 Å². The van der Waals surface area contributed by atoms with Gasteiger partial charge in [-0.2, -0.15) is 5.10 Å². The molecule has 0 radical (unpaired) electrons. The Morgan fingerprint density at radius 3 is 2.61 bits per heavy atom. The van der Waals surface area contributed by atoms with E-state index in [-0.39, 0.29) is 0 Å². The highest BCUT2D eigenvalue weighted by atomic mass is 35.5. The van der Waals surface area contributed by atoms with Gasteiger partial charge in [0.25, 0.3) is 5.91 Å². The van der Waals surface area contributed by atoms with Crippen LogP contribution in [0.2, 0.25) is 5.02 Å². The van der Waals surface area contributed by atoms with Crippen molar-refractivity contribution in [1.29, 1.82) is 0 Å². The van der Waals surface area contributed by atoms with Crippen molar-refractivity contribution in [2.75, 3.05) is 0 Å². The summed E-state index contributed by atoms with van der Waals surface area (Å²) in [5.74, 6) is -0.214. The molecule has 0 bridgehead atoms. The molecule has 0 atom stereocenters. The van der Waals surface area contributed by atoms with E-state index >= 15 is 0 Å². The minimum atomic E-state index is -0.433. The highest BCUT2D eigenvalue weighted by molar-refractivity contribution is 6.30. The van der Waals surface area contributed by atoms with E-state index < -0.39 is 11.7 Å². The van der Waals surface area contributed by atoms with Crippen molar-refractivity contribution in [1.82, 2.24) is 5.43 Å². The molecule has 0 aliphatic rings. The van der Waals surface area contributed by atoms with Crippen molar-refractivity contribution in [3.05, 3.63) is 112 Å². The van der Waals surface area contributed by atoms with E-state index in [2.05, 4.69) is 10.5 Å². The Morgan fingerprint density at radius 2 is 1.81 bits per heavy atom. The summed E-state index contributed by atoms with van der Waals surface area (Å²) in [6.45, 7) is 0.335. The Bertz CT molecular complexity index is 1260. The molecule has 0 fully saturated rings. The van der Waals surface area contributed by atoms with Gasteiger partial charge in [-0.05, 0) is 58.8 Å². The smallest absolute Gasteiger partial charge is 0.271 e. The molecule has 31 heavy (non-hydrogen) atoms. The normalized spacial score (nSPS) is 11.0. The standard InChI is InChI=1S/C25H18ClFN2O2/c26-20-6-3-4-17(14-20)16-31-24-13-10-18-5-1-2-7-22(18)23(24)15-28-29-25(30)19-8-11-21(27)12-9-19/h1-15H,16H2,(H,29,30)/b28-15-. The van der Waals surface area contributed by atoms with Crippen molar-refractivity contribution < 1.29 is 13.9 Å². The number of halogens is 2. The predicted octanol–water partition coefficient (Wildman–Crippen LogP) is 5.98. The van der Waals surface area contributed by atoms with E-state index in [9.17, 15) is 9.18 Å². The van der Waals surface area contributed by atoms with Gasteiger partial charge in [-0.15, -0.1) is 0 Å². The second kappa shape index (κ2) is 9.41. The zero-order valence-electron chi connectivity index (χ0n) is 16.4. The molecular weight excluding hydrogens is 415 g/mol. The summed E-state index contributed by atoms with van der Waals surface area (Å²) in [5, 5.41) is 6.70. The van der Waals surface area contributed by atoms with Crippen molar-refractivity contribution in [3.63, 3.8) is 0 Å². The maximum atomic E-state index is 13.1. The van der Waals surface area contributed by atoms with Crippen LogP contribution in [0.3, 0.4) is 0 Å². The first-order chi connectivity index (χ1) is 15.1. The number of nitrogens with zero attached hydrogens (tertiary/aromatic N) is 1. The third kappa shape index (κ3) is 5.08. The number of nitrogens with one attached hydrogen (secondary N) is 1. The lowest BCUT2D eigenvalue weighted by Crippen LogP contribution is -2.17. The minimum Gasteiger partial charge on any atom is -0.488 e. The van der Waals surface area contributed by atoms with Gasteiger partial charge in [0.1, 0.15) is 18.2 Å². The number of benzene rings is 4. The largest absolute Gasteiger partial charge is 0.488 e. The van der Waals surface area contributed by atoms with Crippen LogP contribution in [0.25, 0.3) is 10.8 Å². The molecule has 154 valence electrons. The van der Waals surface area contributed by atoms with Gasteiger partial charge in [-0.1, -0.05) is 54.1 Å². The quantitative estimate of drug-likeness (QED) is 0.301. The Morgan fingerprint density at radius 1 is 1.00 bits per heavy atom. The molecule has 0 aliphatic heterocycles. The first-order valence-corrected chi connectivity index (χ1v) is 9.96. The van der Waals surface area contributed by atoms with Gasteiger partial charge in [0, 0.05) is 16.1 Å². The number of rotatable bonds is 6. The van der Waals surface area contributed by atoms with Crippen molar-refractivity contribution >= 4 is 34.5 Å². The lowest BCUT2D eigenvalue weighted by molar-refractivity contribution is 0.0955. The zero-order chi connectivity index (χ0) is 21.6. The van der Waals surface area contributed by atoms with Crippen LogP contribution in [0.4, 0.5) is 4.39 Å². The number of hydrogen-bond donors (Lipinski definition) is 1. The molecule has 4 aromatic rings. The molecule has 4 nitrogen and oxygen atoms in total. The van der Waals surface area contributed by atoms with Crippen molar-refractivity contribution in [2.24, 2.45) is 5.10 Å². The highest BCUT2D eigenvalue weighted by Gasteiger charge is 2.09. The summed E-state index contributed by atoms with van der Waals surface area (Å²) in [6, 6.07) is 24.4. The summed E-state index contributed by atoms with van der Waals surface area (Å²) < 4.78 is 19.1. The average Bonchev–Trinajstić information content (AvgIpc) is 2.78. The molecule has 1 N–H and O–H groups in total. The molecular formula is C25H18ClFN2O2. The number of ether oxygens (including phenoxy) is 1. The fraction of sp³-hybridized carbons (Fsp3) is 0.0400. The SMILES string of the molecule is O=C(N/N=C\c1c(OCc2cccc(Cl)c2)ccc2ccccc12)c1ccc(F)cc1. The first kappa shape index (κ1) is 20.6. The molecule has 0 heterocycles. The third-order valence-electron chi connectivity index (χ3n) is 4.68. The van der Waals surface area contributed by atoms with Crippen LogP contribution in [-0.2, 0) is 6.61 Å². The van der Waals surface area contributed by atoms with Gasteiger partial charge >= 0.3 is 0 Å². The van der Waals surface area contributed by atoms with Gasteiger partial charge in [-0.25, -0.2) is 9.82 Å². The third-order valence-corrected chi connectivity index (χ3v) is 4.92. The van der Waals surface area contributed by atoms with Crippen LogP contribution in [0.15, 0.2) is 90.0 Å². The second-order valence-electron chi connectivity index (χ2n) is 6.82. The highest BCUT2D eigenvalue weighted by Crippen LogP contribution is 2.27. The Hall–Kier alpha value is -3.70. The van der Waals surface area contributed by atoms with E-state index in [1.807, 2.05) is 60.7 Å². The topological polar surface area (TPSA) is 50.7 Å². The summed E-state index contributed by atoms with van der Waals surface area (Å²) >= 11 is 6.06. The van der Waals surface area contributed by atoms with Crippen LogP contribution in [0, 0.1) is 5.82 Å². The molecule has 0 saturated carbocycles. The van der Waals surface area contributed by atoms with Gasteiger partial charge < -0.3 is 4.74 Å². The summed E-state index contributed by atoms with van der Waals surface area (Å²) in [5.41, 5.74) is 4.46. The van der Waals surface area contributed by atoms with Crippen LogP contribution in [0.5, 0.6) is 5.75 Å². The maximum absolute atomic E-state index is 13.1. The fourth-order valence-corrected chi connectivity index (χ4v) is 3.36. The molecule has 0 aliphatic carbocycles. The van der Waals surface area contributed by atoms with Gasteiger partial charge in [0.15, 0.2) is 0 Å². The predicted molar refractivity (Wildman–Crippen MR) is 121 cm³/mol. The van der Waals surface area contributed by atoms with Crippen LogP contribution in [0.1, 0.15) is 21.5 Å². The summed E-state index contributed by atoms with van der Waals surface area (Å²) in [6.07, 6.45) is 1.55. The van der Waals surface area contributed by atoms with Crippen LogP contribution < -0.4 is 10.2 Å². The molecule has 4 rings (SSSR count). The number of hydrazone groups is 1. The molecule has 1 amide bonds. The van der Waals surface area contributed by atoms with Gasteiger partial charge in [0.05, 0.1) is 6.21 Å². The number of amides is 1. The molecule has 0 unspecified atom stereocenters. The van der Waals surface area contributed by atoms with Crippen molar-refractivity contribution in [3.8, 4) is 5.75 Å². The van der Waals surface area contributed by atoms with E-state index in [1.54, 1.807) is 6.21 Å². The monoisotopic (exact) mass is 432 g/mol. The fourth-order valence-electron chi connectivity index (χ4n) is 3.14. The lowest BCUT2D eigenvalue weighted by atomic mass is 10.0. The molecule has 0 aromatic heterocycles. The summed E-state index contributed by atoms with van der Waals surface area (Å²) in [7, 11) is 0. The first-order valence-electron chi connectivity index (χ1n) is 9.58. The van der Waals surface area contributed by atoms with Crippen LogP contribution >= 0.6 is 11.6 Å². The number of carbonyl (C=O) groups excluding carboxylic acids is 1. The van der Waals surface area contributed by atoms with E-state index in [4.69, 9.17) is 16.3 Å². The van der Waals surface area contributed by atoms with E-state index in [0.29, 0.717) is 22.9 Å². The molecule has 4 aromatic carbocycles. The number of fused-ring (bicyclic) bond motifs is 1. The van der Waals surface area contributed by atoms with Gasteiger partial charge in [-0.3, -0.25) is 4.79 Å². The lowest BCUT2D eigenvalue weighted by Gasteiger charge is -2.12. The number of carbonyl (C=O) groups is 1. The van der Waals surface area contributed by atoms with Crippen LogP contribution in [-0.4, -0.2) is 12.1 Å². The average molecular weight is 433 g/mol. The van der Waals surface area contributed by atoms with E-state index in [1.165, 1.54) is 24.3 Å². The Balaban J connectivity index is 1.58. The summed E-state index contributed by atoms with van der Waals surface area (Å²) in [4.78, 5) is 12.2. The molecule has 6 heteroatoms. The zero-order valence-corrected chi connectivity index (χ0v) is 17.1. The molecule has 0 saturated heterocycles. The second-order valence-corrected chi connectivity index (χ2v) is 7.26. The minimum absolute atomic E-state index is 0.314. The van der Waals surface area contributed by atoms with Gasteiger partial charge in [0.2, 0.25) is 0 Å². The number of hydrogen-bond acceptors (Lipinski definition) is 3. The Labute approximate surface area is 183 Å². The Kier molecular flexibility index (Phi) is 6.24. The van der Waals surface area contributed by atoms with Crippen molar-refractivity contribution in [2.45, 2.75) is 6.61 Å².